The average molecular weight is 401 g/mol. The smallest absolute Gasteiger partial charge is 0.475 e. The number of nitrogens with zero attached hydrogens (tertiary/aromatic N) is 4. The predicted octanol–water partition coefficient (Wildman–Crippen LogP) is 1.67. The summed E-state index contributed by atoms with van der Waals surface area (Å²) in [5.41, 5.74) is 2.14. The summed E-state index contributed by atoms with van der Waals surface area (Å²) in [6.07, 6.45) is -0.604. The summed E-state index contributed by atoms with van der Waals surface area (Å²) in [6, 6.07) is 4.20. The molecule has 2 N–H and O–H groups in total. The molecule has 2 aromatic rings. The van der Waals surface area contributed by atoms with Gasteiger partial charge in [0.25, 0.3) is 0 Å². The number of carbonyl (C=O) groups is 1. The van der Waals surface area contributed by atoms with Gasteiger partial charge in [-0.2, -0.15) is 18.3 Å². The first kappa shape index (κ1) is 20.3. The lowest BCUT2D eigenvalue weighted by molar-refractivity contribution is -0.192. The number of ether oxygens (including phenoxy) is 1. The van der Waals surface area contributed by atoms with E-state index in [2.05, 4.69) is 28.5 Å². The molecule has 8 nitrogen and oxygen atoms in total. The molecule has 0 spiro atoms. The number of anilines is 1. The number of alkyl halides is 3. The molecule has 2 saturated heterocycles. The molecule has 0 amide bonds. The van der Waals surface area contributed by atoms with E-state index in [0.29, 0.717) is 5.92 Å². The van der Waals surface area contributed by atoms with Crippen LogP contribution in [-0.4, -0.2) is 71.2 Å². The summed E-state index contributed by atoms with van der Waals surface area (Å²) in [4.78, 5) is 15.9. The molecule has 1 atom stereocenters. The number of morpholine rings is 1. The quantitative estimate of drug-likeness (QED) is 0.791. The maximum atomic E-state index is 10.6. The van der Waals surface area contributed by atoms with Gasteiger partial charge in [0, 0.05) is 25.6 Å². The summed E-state index contributed by atoms with van der Waals surface area (Å²) < 4.78 is 39.1. The van der Waals surface area contributed by atoms with Gasteiger partial charge < -0.3 is 20.1 Å². The third kappa shape index (κ3) is 5.10. The Morgan fingerprint density at radius 1 is 1.29 bits per heavy atom. The molecule has 11 heteroatoms. The van der Waals surface area contributed by atoms with Crippen LogP contribution in [0.5, 0.6) is 0 Å². The first-order chi connectivity index (χ1) is 13.3. The number of aliphatic carboxylic acids is 1. The molecule has 4 heterocycles. The highest BCUT2D eigenvalue weighted by atomic mass is 19.4. The van der Waals surface area contributed by atoms with Crippen molar-refractivity contribution in [1.29, 1.82) is 0 Å². The van der Waals surface area contributed by atoms with Gasteiger partial charge in [-0.3, -0.25) is 0 Å². The van der Waals surface area contributed by atoms with Crippen LogP contribution < -0.4 is 10.2 Å². The minimum atomic E-state index is -5.08. The molecule has 2 aromatic heterocycles. The molecule has 28 heavy (non-hydrogen) atoms. The number of halogens is 3. The second kappa shape index (κ2) is 8.74. The Bertz CT molecular complexity index is 783. The van der Waals surface area contributed by atoms with Crippen LogP contribution in [-0.2, 0) is 9.53 Å². The minimum absolute atomic E-state index is 0.450. The summed E-state index contributed by atoms with van der Waals surface area (Å²) in [6.45, 7) is 5.60. The Morgan fingerprint density at radius 3 is 2.61 bits per heavy atom. The zero-order valence-electron chi connectivity index (χ0n) is 15.2. The summed E-state index contributed by atoms with van der Waals surface area (Å²) in [7, 11) is 0. The minimum Gasteiger partial charge on any atom is -0.475 e. The zero-order chi connectivity index (χ0) is 20.1. The lowest BCUT2D eigenvalue weighted by Gasteiger charge is -2.28. The predicted molar refractivity (Wildman–Crippen MR) is 94.6 cm³/mol. The molecule has 0 bridgehead atoms. The van der Waals surface area contributed by atoms with Crippen molar-refractivity contribution in [3.63, 3.8) is 0 Å². The van der Waals surface area contributed by atoms with E-state index < -0.39 is 12.1 Å². The number of aromatic nitrogens is 3. The van der Waals surface area contributed by atoms with E-state index in [0.717, 1.165) is 50.9 Å². The van der Waals surface area contributed by atoms with E-state index >= 15 is 0 Å². The van der Waals surface area contributed by atoms with Gasteiger partial charge in [-0.15, -0.1) is 0 Å². The van der Waals surface area contributed by atoms with Crippen molar-refractivity contribution in [3.8, 4) is 0 Å². The van der Waals surface area contributed by atoms with Crippen molar-refractivity contribution >= 4 is 17.3 Å². The number of carboxylic acid groups (broad SMARTS) is 1. The number of hydrogen-bond donors (Lipinski definition) is 2. The van der Waals surface area contributed by atoms with E-state index in [-0.39, 0.29) is 0 Å². The second-order valence-corrected chi connectivity index (χ2v) is 6.61. The van der Waals surface area contributed by atoms with Crippen LogP contribution in [0.15, 0.2) is 18.3 Å². The summed E-state index contributed by atoms with van der Waals surface area (Å²) >= 11 is 0. The highest BCUT2D eigenvalue weighted by Crippen LogP contribution is 2.22. The third-order valence-corrected chi connectivity index (χ3v) is 4.61. The number of hydrogen-bond acceptors (Lipinski definition) is 6. The molecule has 2 aliphatic heterocycles. The van der Waals surface area contributed by atoms with Crippen molar-refractivity contribution in [2.45, 2.75) is 24.9 Å². The molecule has 4 rings (SSSR count). The number of piperidine rings is 1. The Balaban J connectivity index is 0.000000279. The molecule has 0 radical (unpaired) electrons. The van der Waals surface area contributed by atoms with E-state index in [1.54, 1.807) is 0 Å². The van der Waals surface area contributed by atoms with E-state index in [1.807, 2.05) is 4.52 Å². The molecule has 1 unspecified atom stereocenters. The van der Waals surface area contributed by atoms with Crippen LogP contribution in [0.1, 0.15) is 24.6 Å². The van der Waals surface area contributed by atoms with Crippen LogP contribution in [0.4, 0.5) is 18.9 Å². The van der Waals surface area contributed by atoms with Crippen molar-refractivity contribution in [2.24, 2.45) is 0 Å². The van der Waals surface area contributed by atoms with E-state index in [9.17, 15) is 13.2 Å². The van der Waals surface area contributed by atoms with Gasteiger partial charge in [-0.25, -0.2) is 14.3 Å². The van der Waals surface area contributed by atoms with Crippen LogP contribution in [0, 0.1) is 0 Å². The highest BCUT2D eigenvalue weighted by molar-refractivity contribution is 5.73. The Kier molecular flexibility index (Phi) is 6.35. The van der Waals surface area contributed by atoms with Gasteiger partial charge in [-0.1, -0.05) is 0 Å². The van der Waals surface area contributed by atoms with E-state index in [1.165, 1.54) is 18.5 Å². The third-order valence-electron chi connectivity index (χ3n) is 4.61. The fraction of sp³-hybridized carbons (Fsp3) is 0.588. The number of carboxylic acids is 1. The van der Waals surface area contributed by atoms with Crippen LogP contribution in [0.2, 0.25) is 0 Å². The number of rotatable bonds is 2. The first-order valence-electron chi connectivity index (χ1n) is 9.04. The topological polar surface area (TPSA) is 92.0 Å². The molecule has 154 valence electrons. The maximum Gasteiger partial charge on any atom is 0.490 e. The Morgan fingerprint density at radius 2 is 2.00 bits per heavy atom. The van der Waals surface area contributed by atoms with Crippen LogP contribution in [0.3, 0.4) is 0 Å². The van der Waals surface area contributed by atoms with Gasteiger partial charge >= 0.3 is 12.1 Å². The summed E-state index contributed by atoms with van der Waals surface area (Å²) in [5.74, 6) is -1.33. The number of fused-ring (bicyclic) bond motifs is 1. The fourth-order valence-electron chi connectivity index (χ4n) is 3.14. The Hall–Kier alpha value is -2.40. The molecule has 0 aliphatic carbocycles. The molecular formula is C17H22F3N5O3. The number of nitrogens with one attached hydrogen (secondary N) is 1. The van der Waals surface area contributed by atoms with Gasteiger partial charge in [0.15, 0.2) is 11.5 Å². The van der Waals surface area contributed by atoms with Crippen molar-refractivity contribution < 1.29 is 27.8 Å². The second-order valence-electron chi connectivity index (χ2n) is 6.61. The standard InChI is InChI=1S/C15H21N5O.C2HF3O2/c1-2-12(10-16-5-1)15-17-14-4-3-13(11-20(14)18-15)19-6-8-21-9-7-19;3-2(4,5)1(6)7/h3-4,11-12,16H,1-2,5-10H2;(H,6,7). The zero-order valence-corrected chi connectivity index (χ0v) is 15.2. The fourth-order valence-corrected chi connectivity index (χ4v) is 3.14. The van der Waals surface area contributed by atoms with E-state index in [4.69, 9.17) is 24.7 Å². The van der Waals surface area contributed by atoms with Gasteiger partial charge in [0.1, 0.15) is 0 Å². The van der Waals surface area contributed by atoms with Gasteiger partial charge in [0.2, 0.25) is 0 Å². The highest BCUT2D eigenvalue weighted by Gasteiger charge is 2.38. The number of pyridine rings is 1. The normalized spacial score (nSPS) is 20.5. The lowest BCUT2D eigenvalue weighted by Crippen LogP contribution is -2.36. The van der Waals surface area contributed by atoms with Crippen molar-refractivity contribution in [2.75, 3.05) is 44.3 Å². The van der Waals surface area contributed by atoms with Crippen LogP contribution in [0.25, 0.3) is 5.65 Å². The maximum absolute atomic E-state index is 10.6. The molecule has 0 aromatic carbocycles. The lowest BCUT2D eigenvalue weighted by atomic mass is 9.99. The van der Waals surface area contributed by atoms with Gasteiger partial charge in [-0.05, 0) is 31.5 Å². The van der Waals surface area contributed by atoms with Crippen LogP contribution >= 0.6 is 0 Å². The molecular weight excluding hydrogens is 379 g/mol. The Labute approximate surface area is 159 Å². The largest absolute Gasteiger partial charge is 0.490 e. The van der Waals surface area contributed by atoms with Crippen molar-refractivity contribution in [3.05, 3.63) is 24.2 Å². The monoisotopic (exact) mass is 401 g/mol. The average Bonchev–Trinajstić information content (AvgIpc) is 3.12. The van der Waals surface area contributed by atoms with Gasteiger partial charge in [0.05, 0.1) is 25.1 Å². The summed E-state index contributed by atoms with van der Waals surface area (Å²) in [5, 5.41) is 15.3. The molecule has 0 saturated carbocycles. The molecule has 2 aliphatic rings. The first-order valence-corrected chi connectivity index (χ1v) is 9.04. The SMILES string of the molecule is O=C(O)C(F)(F)F.c1cc2nc(C3CCCNC3)nn2cc1N1CCOCC1. The van der Waals surface area contributed by atoms with Crippen molar-refractivity contribution in [1.82, 2.24) is 19.9 Å². The molecule has 2 fully saturated rings.